The van der Waals surface area contributed by atoms with E-state index in [1.165, 1.54) is 0 Å². The standard InChI is InChI=1S/C12H29NO4Si/c1-5-15-18(4,16-6-2)17-12(3)8-7-9-13-10-11-14/h12-14H,5-11H2,1-4H3. The van der Waals surface area contributed by atoms with E-state index < -0.39 is 8.80 Å². The van der Waals surface area contributed by atoms with E-state index in [-0.39, 0.29) is 12.7 Å². The topological polar surface area (TPSA) is 60.0 Å². The minimum Gasteiger partial charge on any atom is -0.395 e. The maximum absolute atomic E-state index is 8.63. The zero-order chi connectivity index (χ0) is 13.9. The Morgan fingerprint density at radius 3 is 2.28 bits per heavy atom. The average molecular weight is 279 g/mol. The Balaban J connectivity index is 3.83. The summed E-state index contributed by atoms with van der Waals surface area (Å²) in [5.74, 6) is 0. The molecule has 5 nitrogen and oxygen atoms in total. The lowest BCUT2D eigenvalue weighted by atomic mass is 10.2. The van der Waals surface area contributed by atoms with Crippen LogP contribution in [-0.2, 0) is 13.3 Å². The van der Waals surface area contributed by atoms with Gasteiger partial charge in [-0.3, -0.25) is 0 Å². The quantitative estimate of drug-likeness (QED) is 0.418. The number of hydrogen-bond donors (Lipinski definition) is 2. The Bertz CT molecular complexity index is 189. The molecule has 0 bridgehead atoms. The Hall–Kier alpha value is 0.0169. The molecule has 6 heteroatoms. The molecule has 2 N–H and O–H groups in total. The van der Waals surface area contributed by atoms with Gasteiger partial charge >= 0.3 is 8.80 Å². The molecule has 0 aliphatic carbocycles. The largest absolute Gasteiger partial charge is 0.497 e. The van der Waals surface area contributed by atoms with Crippen molar-refractivity contribution < 1.29 is 18.4 Å². The van der Waals surface area contributed by atoms with Crippen molar-refractivity contribution in [2.24, 2.45) is 0 Å². The first kappa shape index (κ1) is 18.0. The zero-order valence-corrected chi connectivity index (χ0v) is 13.2. The zero-order valence-electron chi connectivity index (χ0n) is 12.2. The van der Waals surface area contributed by atoms with Crippen molar-refractivity contribution in [1.82, 2.24) is 5.32 Å². The molecule has 0 heterocycles. The molecule has 0 aliphatic heterocycles. The van der Waals surface area contributed by atoms with Gasteiger partial charge in [0.15, 0.2) is 0 Å². The Kier molecular flexibility index (Phi) is 10.9. The van der Waals surface area contributed by atoms with Crippen LogP contribution in [0.1, 0.15) is 33.6 Å². The summed E-state index contributed by atoms with van der Waals surface area (Å²) < 4.78 is 17.2. The van der Waals surface area contributed by atoms with Crippen LogP contribution < -0.4 is 5.32 Å². The van der Waals surface area contributed by atoms with Gasteiger partial charge in [0, 0.05) is 32.4 Å². The highest BCUT2D eigenvalue weighted by Gasteiger charge is 2.35. The van der Waals surface area contributed by atoms with Gasteiger partial charge in [-0.25, -0.2) is 0 Å². The van der Waals surface area contributed by atoms with Crippen LogP contribution in [-0.4, -0.2) is 52.9 Å². The molecule has 0 rings (SSSR count). The van der Waals surface area contributed by atoms with Crippen molar-refractivity contribution in [3.8, 4) is 0 Å². The SMILES string of the molecule is CCO[Si](C)(OCC)OC(C)CCCNCCO. The lowest BCUT2D eigenvalue weighted by molar-refractivity contribution is 0.0410. The monoisotopic (exact) mass is 279 g/mol. The summed E-state index contributed by atoms with van der Waals surface area (Å²) in [4.78, 5) is 0. The molecule has 0 fully saturated rings. The smallest absolute Gasteiger partial charge is 0.395 e. The fourth-order valence-corrected chi connectivity index (χ4v) is 3.89. The molecule has 0 amide bonds. The maximum Gasteiger partial charge on any atom is 0.497 e. The molecule has 1 atom stereocenters. The second-order valence-corrected chi connectivity index (χ2v) is 6.81. The Morgan fingerprint density at radius 1 is 1.17 bits per heavy atom. The summed E-state index contributed by atoms with van der Waals surface area (Å²) in [7, 11) is -2.45. The van der Waals surface area contributed by atoms with E-state index in [1.807, 2.05) is 20.4 Å². The van der Waals surface area contributed by atoms with E-state index in [0.29, 0.717) is 19.8 Å². The van der Waals surface area contributed by atoms with Crippen LogP contribution in [0.4, 0.5) is 0 Å². The summed E-state index contributed by atoms with van der Waals surface area (Å²) in [5, 5.41) is 11.8. The summed E-state index contributed by atoms with van der Waals surface area (Å²) in [6, 6.07) is 0. The van der Waals surface area contributed by atoms with Crippen molar-refractivity contribution >= 4 is 8.80 Å². The first-order chi connectivity index (χ1) is 8.58. The van der Waals surface area contributed by atoms with Crippen molar-refractivity contribution in [3.05, 3.63) is 0 Å². The van der Waals surface area contributed by atoms with Gasteiger partial charge in [0.05, 0.1) is 6.61 Å². The van der Waals surface area contributed by atoms with E-state index in [0.717, 1.165) is 19.4 Å². The summed E-state index contributed by atoms with van der Waals surface area (Å²) in [5.41, 5.74) is 0. The highest BCUT2D eigenvalue weighted by atomic mass is 28.4. The molecular weight excluding hydrogens is 250 g/mol. The third-order valence-corrected chi connectivity index (χ3v) is 4.94. The molecule has 0 aromatic rings. The third-order valence-electron chi connectivity index (χ3n) is 2.48. The maximum atomic E-state index is 8.63. The number of aliphatic hydroxyl groups excluding tert-OH is 1. The first-order valence-electron chi connectivity index (χ1n) is 6.85. The van der Waals surface area contributed by atoms with Crippen LogP contribution in [0.15, 0.2) is 0 Å². The van der Waals surface area contributed by atoms with Crippen molar-refractivity contribution in [1.29, 1.82) is 0 Å². The molecule has 0 aliphatic rings. The molecule has 0 saturated carbocycles. The van der Waals surface area contributed by atoms with Gasteiger partial charge in [0.25, 0.3) is 0 Å². The van der Waals surface area contributed by atoms with E-state index in [2.05, 4.69) is 12.2 Å². The van der Waals surface area contributed by atoms with Crippen molar-refractivity contribution in [2.45, 2.75) is 46.3 Å². The fraction of sp³-hybridized carbons (Fsp3) is 1.00. The Morgan fingerprint density at radius 2 is 1.78 bits per heavy atom. The van der Waals surface area contributed by atoms with Gasteiger partial charge in [0.1, 0.15) is 0 Å². The minimum absolute atomic E-state index is 0.135. The molecule has 0 aromatic heterocycles. The van der Waals surface area contributed by atoms with Gasteiger partial charge in [-0.2, -0.15) is 0 Å². The molecule has 18 heavy (non-hydrogen) atoms. The Labute approximate surface area is 112 Å². The average Bonchev–Trinajstić information content (AvgIpc) is 2.29. The summed E-state index contributed by atoms with van der Waals surface area (Å²) in [6.45, 7) is 10.9. The predicted octanol–water partition coefficient (Wildman–Crippen LogP) is 1.40. The van der Waals surface area contributed by atoms with Crippen molar-refractivity contribution in [2.75, 3.05) is 32.9 Å². The van der Waals surface area contributed by atoms with Crippen LogP contribution in [0.2, 0.25) is 6.55 Å². The number of rotatable bonds is 12. The van der Waals surface area contributed by atoms with Gasteiger partial charge in [-0.15, -0.1) is 0 Å². The van der Waals surface area contributed by atoms with E-state index >= 15 is 0 Å². The second kappa shape index (κ2) is 10.9. The number of hydrogen-bond acceptors (Lipinski definition) is 5. The summed E-state index contributed by atoms with van der Waals surface area (Å²) >= 11 is 0. The minimum atomic E-state index is -2.45. The van der Waals surface area contributed by atoms with Crippen LogP contribution in [0.3, 0.4) is 0 Å². The van der Waals surface area contributed by atoms with E-state index in [9.17, 15) is 0 Å². The van der Waals surface area contributed by atoms with Gasteiger partial charge in [-0.05, 0) is 40.2 Å². The van der Waals surface area contributed by atoms with Gasteiger partial charge in [-0.1, -0.05) is 0 Å². The predicted molar refractivity (Wildman–Crippen MR) is 74.6 cm³/mol. The molecule has 0 aromatic carbocycles. The van der Waals surface area contributed by atoms with E-state index in [1.54, 1.807) is 0 Å². The molecular formula is C12H29NO4Si. The third kappa shape index (κ3) is 9.01. The lowest BCUT2D eigenvalue weighted by Crippen LogP contribution is -2.45. The highest BCUT2D eigenvalue weighted by molar-refractivity contribution is 6.59. The number of aliphatic hydroxyl groups is 1. The molecule has 0 saturated heterocycles. The lowest BCUT2D eigenvalue weighted by Gasteiger charge is -2.28. The number of nitrogens with one attached hydrogen (secondary N) is 1. The van der Waals surface area contributed by atoms with Crippen LogP contribution in [0, 0.1) is 0 Å². The molecule has 0 spiro atoms. The normalized spacial score (nSPS) is 13.8. The highest BCUT2D eigenvalue weighted by Crippen LogP contribution is 2.14. The summed E-state index contributed by atoms with van der Waals surface area (Å²) in [6.07, 6.45) is 2.11. The van der Waals surface area contributed by atoms with Crippen molar-refractivity contribution in [3.63, 3.8) is 0 Å². The fourth-order valence-electron chi connectivity index (χ4n) is 1.78. The molecule has 0 radical (unpaired) electrons. The van der Waals surface area contributed by atoms with Crippen LogP contribution in [0.5, 0.6) is 0 Å². The first-order valence-corrected chi connectivity index (χ1v) is 9.07. The molecule has 110 valence electrons. The second-order valence-electron chi connectivity index (χ2n) is 4.27. The van der Waals surface area contributed by atoms with Crippen LogP contribution in [0.25, 0.3) is 0 Å². The van der Waals surface area contributed by atoms with Gasteiger partial charge in [0.2, 0.25) is 0 Å². The molecule has 1 unspecified atom stereocenters. The van der Waals surface area contributed by atoms with Gasteiger partial charge < -0.3 is 23.7 Å². The van der Waals surface area contributed by atoms with E-state index in [4.69, 9.17) is 18.4 Å². The van der Waals surface area contributed by atoms with Crippen LogP contribution >= 0.6 is 0 Å².